The predicted octanol–water partition coefficient (Wildman–Crippen LogP) is 3.93. The first-order chi connectivity index (χ1) is 15.5. The highest BCUT2D eigenvalue weighted by atomic mass is 16.1. The molecule has 7 nitrogen and oxygen atoms in total. The van der Waals surface area contributed by atoms with Crippen LogP contribution in [0.25, 0.3) is 16.9 Å². The summed E-state index contributed by atoms with van der Waals surface area (Å²) in [4.78, 5) is 19.2. The zero-order valence-electron chi connectivity index (χ0n) is 19.3. The Labute approximate surface area is 190 Å². The molecule has 1 aromatic carbocycles. The first-order valence-corrected chi connectivity index (χ1v) is 11.7. The largest absolute Gasteiger partial charge is 0.368 e. The molecule has 32 heavy (non-hydrogen) atoms. The highest BCUT2D eigenvalue weighted by Crippen LogP contribution is 2.22. The molecule has 170 valence electrons. The Morgan fingerprint density at radius 3 is 2.59 bits per heavy atom. The number of fused-ring (bicyclic) bond motifs is 1. The summed E-state index contributed by atoms with van der Waals surface area (Å²) < 4.78 is 1.87. The molecule has 1 fully saturated rings. The van der Waals surface area contributed by atoms with Gasteiger partial charge in [0.1, 0.15) is 5.82 Å². The normalized spacial score (nSPS) is 15.4. The van der Waals surface area contributed by atoms with E-state index in [4.69, 9.17) is 5.10 Å². The average molecular weight is 435 g/mol. The van der Waals surface area contributed by atoms with E-state index in [1.54, 1.807) is 0 Å². The van der Waals surface area contributed by atoms with Gasteiger partial charge in [0.15, 0.2) is 5.65 Å². The highest BCUT2D eigenvalue weighted by molar-refractivity contribution is 5.94. The Morgan fingerprint density at radius 2 is 1.88 bits per heavy atom. The number of nitrogens with one attached hydrogen (secondary N) is 2. The van der Waals surface area contributed by atoms with Crippen molar-refractivity contribution in [2.45, 2.75) is 33.1 Å². The lowest BCUT2D eigenvalue weighted by Crippen LogP contribution is -2.33. The number of hydrogen-bond acceptors (Lipinski definition) is 5. The smallest absolute Gasteiger partial charge is 0.251 e. The Hall–Kier alpha value is -2.93. The molecule has 2 aromatic heterocycles. The third-order valence-corrected chi connectivity index (χ3v) is 6.22. The van der Waals surface area contributed by atoms with Crippen molar-refractivity contribution < 1.29 is 4.79 Å². The summed E-state index contributed by atoms with van der Waals surface area (Å²) >= 11 is 0. The lowest BCUT2D eigenvalue weighted by molar-refractivity contribution is 0.0952. The summed E-state index contributed by atoms with van der Waals surface area (Å²) in [6, 6.07) is 11.6. The number of rotatable bonds is 8. The fourth-order valence-electron chi connectivity index (χ4n) is 4.05. The first-order valence-electron chi connectivity index (χ1n) is 11.7. The molecule has 1 amide bonds. The van der Waals surface area contributed by atoms with E-state index >= 15 is 0 Å². The minimum absolute atomic E-state index is 0.0335. The number of imidazole rings is 1. The van der Waals surface area contributed by atoms with E-state index in [9.17, 15) is 4.79 Å². The summed E-state index contributed by atoms with van der Waals surface area (Å²) in [5, 5.41) is 11.3. The molecule has 2 N–H and O–H groups in total. The van der Waals surface area contributed by atoms with Gasteiger partial charge in [-0.2, -0.15) is 0 Å². The van der Waals surface area contributed by atoms with Crippen LogP contribution in [0.3, 0.4) is 0 Å². The van der Waals surface area contributed by atoms with E-state index in [-0.39, 0.29) is 5.91 Å². The van der Waals surface area contributed by atoms with Crippen LogP contribution in [0.2, 0.25) is 0 Å². The third kappa shape index (κ3) is 5.46. The topological polar surface area (TPSA) is 74.6 Å². The summed E-state index contributed by atoms with van der Waals surface area (Å²) in [6.45, 7) is 8.27. The van der Waals surface area contributed by atoms with Gasteiger partial charge in [-0.15, -0.1) is 5.10 Å². The Bertz CT molecular complexity index is 1030. The van der Waals surface area contributed by atoms with Gasteiger partial charge >= 0.3 is 0 Å². The fourth-order valence-corrected chi connectivity index (χ4v) is 4.05. The zero-order chi connectivity index (χ0) is 22.5. The molecule has 0 bridgehead atoms. The minimum atomic E-state index is -0.0335. The Balaban J connectivity index is 1.43. The predicted molar refractivity (Wildman–Crippen MR) is 129 cm³/mol. The van der Waals surface area contributed by atoms with Crippen LogP contribution in [-0.4, -0.2) is 58.6 Å². The van der Waals surface area contributed by atoms with E-state index < -0.39 is 0 Å². The lowest BCUT2D eigenvalue weighted by Gasteiger charge is -2.29. The van der Waals surface area contributed by atoms with Gasteiger partial charge in [0.2, 0.25) is 0 Å². The van der Waals surface area contributed by atoms with Crippen LogP contribution in [0.1, 0.15) is 43.5 Å². The van der Waals surface area contributed by atoms with Gasteiger partial charge in [0.25, 0.3) is 5.91 Å². The second kappa shape index (κ2) is 10.1. The van der Waals surface area contributed by atoms with Crippen LogP contribution >= 0.6 is 0 Å². The summed E-state index contributed by atoms with van der Waals surface area (Å²) in [6.07, 6.45) is 5.26. The summed E-state index contributed by atoms with van der Waals surface area (Å²) in [5.41, 5.74) is 3.37. The van der Waals surface area contributed by atoms with Crippen molar-refractivity contribution in [2.75, 3.05) is 38.5 Å². The molecule has 3 aromatic rings. The average Bonchev–Trinajstić information content (AvgIpc) is 3.22. The molecule has 0 unspecified atom stereocenters. The number of piperidine rings is 1. The van der Waals surface area contributed by atoms with E-state index in [0.29, 0.717) is 23.9 Å². The molecule has 1 saturated heterocycles. The molecular formula is C25H34N6O. The molecule has 0 spiro atoms. The van der Waals surface area contributed by atoms with Crippen molar-refractivity contribution in [2.24, 2.45) is 11.8 Å². The highest BCUT2D eigenvalue weighted by Gasteiger charge is 2.17. The van der Waals surface area contributed by atoms with Crippen molar-refractivity contribution in [3.63, 3.8) is 0 Å². The van der Waals surface area contributed by atoms with E-state index in [1.165, 1.54) is 12.8 Å². The second-order valence-corrected chi connectivity index (χ2v) is 9.28. The molecular weight excluding hydrogens is 400 g/mol. The Morgan fingerprint density at radius 1 is 1.12 bits per heavy atom. The molecule has 0 atom stereocenters. The maximum atomic E-state index is 12.3. The minimum Gasteiger partial charge on any atom is -0.368 e. The molecule has 3 heterocycles. The summed E-state index contributed by atoms with van der Waals surface area (Å²) in [5.74, 6) is 2.08. The van der Waals surface area contributed by atoms with E-state index in [1.807, 2.05) is 47.1 Å². The molecule has 0 radical (unpaired) electrons. The number of likely N-dealkylation sites (tertiary alicyclic amines) is 1. The quantitative estimate of drug-likeness (QED) is 0.562. The van der Waals surface area contributed by atoms with Crippen molar-refractivity contribution in [3.05, 3.63) is 48.2 Å². The van der Waals surface area contributed by atoms with Crippen molar-refractivity contribution in [1.82, 2.24) is 24.8 Å². The first kappa shape index (κ1) is 22.3. The van der Waals surface area contributed by atoms with Crippen LogP contribution in [0, 0.1) is 11.8 Å². The van der Waals surface area contributed by atoms with Crippen molar-refractivity contribution >= 4 is 17.4 Å². The van der Waals surface area contributed by atoms with Gasteiger partial charge in [-0.05, 0) is 75.5 Å². The molecule has 4 rings (SSSR count). The van der Waals surface area contributed by atoms with Crippen molar-refractivity contribution in [1.29, 1.82) is 0 Å². The standard InChI is InChI=1S/C25H34N6O/c1-18(2)10-13-26-25(32)21-6-4-20(5-7-21)22-17-28-24-9-8-23(29-31(22)24)27-16-19-11-14-30(3)15-12-19/h4-9,17-19H,10-16H2,1-3H3,(H,26,32)(H,27,29). The number of benzene rings is 1. The fraction of sp³-hybridized carbons (Fsp3) is 0.480. The number of carbonyl (C=O) groups is 1. The zero-order valence-corrected chi connectivity index (χ0v) is 19.3. The third-order valence-electron chi connectivity index (χ3n) is 6.22. The number of amides is 1. The van der Waals surface area contributed by atoms with E-state index in [2.05, 4.69) is 41.4 Å². The van der Waals surface area contributed by atoms with Gasteiger partial charge < -0.3 is 15.5 Å². The van der Waals surface area contributed by atoms with Gasteiger partial charge in [0.05, 0.1) is 11.9 Å². The SMILES string of the molecule is CC(C)CCNC(=O)c1ccc(-c2cnc3ccc(NCC4CCN(C)CC4)nn23)cc1. The maximum absolute atomic E-state index is 12.3. The number of carbonyl (C=O) groups excluding carboxylic acids is 1. The van der Waals surface area contributed by atoms with Crippen LogP contribution in [0.5, 0.6) is 0 Å². The monoisotopic (exact) mass is 434 g/mol. The van der Waals surface area contributed by atoms with Gasteiger partial charge in [-0.1, -0.05) is 26.0 Å². The summed E-state index contributed by atoms with van der Waals surface area (Å²) in [7, 11) is 2.19. The maximum Gasteiger partial charge on any atom is 0.251 e. The molecule has 0 aliphatic carbocycles. The lowest BCUT2D eigenvalue weighted by atomic mass is 9.97. The number of anilines is 1. The van der Waals surface area contributed by atoms with Gasteiger partial charge in [-0.25, -0.2) is 9.50 Å². The number of nitrogens with zero attached hydrogens (tertiary/aromatic N) is 4. The van der Waals surface area contributed by atoms with Gasteiger partial charge in [-0.3, -0.25) is 4.79 Å². The number of hydrogen-bond donors (Lipinski definition) is 2. The van der Waals surface area contributed by atoms with Crippen LogP contribution in [0.15, 0.2) is 42.6 Å². The van der Waals surface area contributed by atoms with Crippen molar-refractivity contribution in [3.8, 4) is 11.3 Å². The molecule has 0 saturated carbocycles. The van der Waals surface area contributed by atoms with Crippen LogP contribution in [0.4, 0.5) is 5.82 Å². The van der Waals surface area contributed by atoms with Crippen LogP contribution in [-0.2, 0) is 0 Å². The molecule has 7 heteroatoms. The van der Waals surface area contributed by atoms with E-state index in [0.717, 1.165) is 48.8 Å². The van der Waals surface area contributed by atoms with Gasteiger partial charge in [0, 0.05) is 24.2 Å². The van der Waals surface area contributed by atoms with Crippen LogP contribution < -0.4 is 10.6 Å². The molecule has 1 aliphatic rings. The number of aromatic nitrogens is 3. The second-order valence-electron chi connectivity index (χ2n) is 9.28. The molecule has 1 aliphatic heterocycles. The Kier molecular flexibility index (Phi) is 7.05.